The number of amides is 2. The number of likely N-dealkylation sites (N-methyl/N-ethyl adjacent to an activating group) is 1. The summed E-state index contributed by atoms with van der Waals surface area (Å²) in [5.74, 6) is -2.21. The third kappa shape index (κ3) is 4.35. The Labute approximate surface area is 175 Å². The lowest BCUT2D eigenvalue weighted by Gasteiger charge is -2.18. The van der Waals surface area contributed by atoms with Crippen LogP contribution in [-0.2, 0) is 37.3 Å². The molecule has 1 aliphatic rings. The van der Waals surface area contributed by atoms with Crippen LogP contribution in [0.5, 0.6) is 0 Å². The highest BCUT2D eigenvalue weighted by molar-refractivity contribution is 7.90. The summed E-state index contributed by atoms with van der Waals surface area (Å²) in [4.78, 5) is 37.9. The van der Waals surface area contributed by atoms with Gasteiger partial charge in [0.05, 0.1) is 5.56 Å². The van der Waals surface area contributed by atoms with Crippen LogP contribution in [0.15, 0.2) is 53.4 Å². The van der Waals surface area contributed by atoms with Crippen molar-refractivity contribution in [1.29, 1.82) is 0 Å². The molecule has 2 aromatic rings. The first-order valence-electron chi connectivity index (χ1n) is 9.37. The maximum absolute atomic E-state index is 12.4. The van der Waals surface area contributed by atoms with Crippen LogP contribution in [0.1, 0.15) is 28.4 Å². The molecule has 0 atom stereocenters. The molecule has 0 N–H and O–H groups in total. The summed E-state index contributed by atoms with van der Waals surface area (Å²) in [6, 6.07) is 13.5. The lowest BCUT2D eigenvalue weighted by molar-refractivity contribution is -0.151. The van der Waals surface area contributed by atoms with Gasteiger partial charge in [-0.3, -0.25) is 14.4 Å². The summed E-state index contributed by atoms with van der Waals surface area (Å²) in [5.41, 5.74) is 2.13. The highest BCUT2D eigenvalue weighted by atomic mass is 32.2. The summed E-state index contributed by atoms with van der Waals surface area (Å²) in [6.45, 7) is 1.07. The zero-order valence-electron chi connectivity index (χ0n) is 16.7. The summed E-state index contributed by atoms with van der Waals surface area (Å²) in [5, 5.41) is 0. The van der Waals surface area contributed by atoms with Crippen LogP contribution in [-0.4, -0.2) is 55.6 Å². The van der Waals surface area contributed by atoms with Crippen molar-refractivity contribution in [3.63, 3.8) is 0 Å². The number of ether oxygens (including phenoxy) is 1. The standard InChI is InChI=1S/C21H22N2O6S/c1-3-15-8-10-16(11-9-15)12-22(2)19(24)14-29-20(25)13-23-21(26)17-6-4-5-7-18(17)30(23,27)28/h4-11H,3,12-14H2,1-2H3. The number of carbonyl (C=O) groups excluding carboxylic acids is 3. The second-order valence-electron chi connectivity index (χ2n) is 6.89. The quantitative estimate of drug-likeness (QED) is 0.619. The van der Waals surface area contributed by atoms with Crippen molar-refractivity contribution in [2.24, 2.45) is 0 Å². The summed E-state index contributed by atoms with van der Waals surface area (Å²) in [7, 11) is -2.53. The van der Waals surface area contributed by atoms with E-state index in [2.05, 4.69) is 6.92 Å². The van der Waals surface area contributed by atoms with Crippen LogP contribution in [0.3, 0.4) is 0 Å². The molecular formula is C21H22N2O6S. The van der Waals surface area contributed by atoms with E-state index in [1.54, 1.807) is 13.1 Å². The van der Waals surface area contributed by atoms with Gasteiger partial charge in [0.15, 0.2) is 6.61 Å². The Kier molecular flexibility index (Phi) is 6.21. The molecule has 0 radical (unpaired) electrons. The Balaban J connectivity index is 1.54. The Morgan fingerprint density at radius 2 is 1.67 bits per heavy atom. The molecule has 0 saturated heterocycles. The number of hydrogen-bond donors (Lipinski definition) is 0. The molecular weight excluding hydrogens is 408 g/mol. The molecule has 0 fully saturated rings. The molecule has 8 nitrogen and oxygen atoms in total. The van der Waals surface area contributed by atoms with E-state index in [9.17, 15) is 22.8 Å². The molecule has 9 heteroatoms. The molecule has 0 spiro atoms. The van der Waals surface area contributed by atoms with Gasteiger partial charge >= 0.3 is 5.97 Å². The summed E-state index contributed by atoms with van der Waals surface area (Å²) in [6.07, 6.45) is 0.922. The van der Waals surface area contributed by atoms with Gasteiger partial charge in [-0.25, -0.2) is 12.7 Å². The minimum absolute atomic E-state index is 0.00945. The minimum Gasteiger partial charge on any atom is -0.454 e. The van der Waals surface area contributed by atoms with Gasteiger partial charge in [-0.1, -0.05) is 43.3 Å². The van der Waals surface area contributed by atoms with Crippen LogP contribution in [0.2, 0.25) is 0 Å². The predicted octanol–water partition coefficient (Wildman–Crippen LogP) is 1.60. The Bertz CT molecular complexity index is 1080. The fraction of sp³-hybridized carbons (Fsp3) is 0.286. The molecule has 0 unspecified atom stereocenters. The number of esters is 1. The van der Waals surface area contributed by atoms with Gasteiger partial charge in [-0.05, 0) is 29.7 Å². The molecule has 2 aromatic carbocycles. The normalized spacial score (nSPS) is 14.3. The highest BCUT2D eigenvalue weighted by Crippen LogP contribution is 2.29. The van der Waals surface area contributed by atoms with Gasteiger partial charge in [0, 0.05) is 13.6 Å². The second kappa shape index (κ2) is 8.66. The average molecular weight is 430 g/mol. The van der Waals surface area contributed by atoms with E-state index in [1.807, 2.05) is 24.3 Å². The largest absolute Gasteiger partial charge is 0.454 e. The van der Waals surface area contributed by atoms with Crippen molar-refractivity contribution in [2.45, 2.75) is 24.8 Å². The fourth-order valence-electron chi connectivity index (χ4n) is 3.04. The Hall–Kier alpha value is -3.20. The number of hydrogen-bond acceptors (Lipinski definition) is 6. The Morgan fingerprint density at radius 1 is 1.03 bits per heavy atom. The smallest absolute Gasteiger partial charge is 0.327 e. The molecule has 1 heterocycles. The van der Waals surface area contributed by atoms with Gasteiger partial charge < -0.3 is 9.64 Å². The topological polar surface area (TPSA) is 101 Å². The molecule has 0 bridgehead atoms. The van der Waals surface area contributed by atoms with Crippen molar-refractivity contribution < 1.29 is 27.5 Å². The first kappa shape index (κ1) is 21.5. The number of aryl methyl sites for hydroxylation is 1. The number of rotatable bonds is 7. The number of sulfonamides is 1. The van der Waals surface area contributed by atoms with Crippen molar-refractivity contribution >= 4 is 27.8 Å². The molecule has 0 aliphatic carbocycles. The van der Waals surface area contributed by atoms with Crippen molar-refractivity contribution in [1.82, 2.24) is 9.21 Å². The molecule has 158 valence electrons. The van der Waals surface area contributed by atoms with Crippen molar-refractivity contribution in [3.05, 3.63) is 65.2 Å². The minimum atomic E-state index is -4.10. The van der Waals surface area contributed by atoms with E-state index in [4.69, 9.17) is 4.74 Å². The van der Waals surface area contributed by atoms with Crippen molar-refractivity contribution in [2.75, 3.05) is 20.2 Å². The number of nitrogens with zero attached hydrogens (tertiary/aromatic N) is 2. The van der Waals surface area contributed by atoms with Crippen LogP contribution < -0.4 is 0 Å². The van der Waals surface area contributed by atoms with Crippen molar-refractivity contribution in [3.8, 4) is 0 Å². The van der Waals surface area contributed by atoms with E-state index in [0.717, 1.165) is 12.0 Å². The molecule has 30 heavy (non-hydrogen) atoms. The van der Waals surface area contributed by atoms with Gasteiger partial charge in [-0.2, -0.15) is 0 Å². The first-order chi connectivity index (χ1) is 14.2. The summed E-state index contributed by atoms with van der Waals surface area (Å²) >= 11 is 0. The van der Waals surface area contributed by atoms with E-state index in [1.165, 1.54) is 28.7 Å². The number of benzene rings is 2. The second-order valence-corrected chi connectivity index (χ2v) is 8.72. The predicted molar refractivity (Wildman–Crippen MR) is 108 cm³/mol. The third-order valence-corrected chi connectivity index (χ3v) is 6.61. The van der Waals surface area contributed by atoms with E-state index >= 15 is 0 Å². The van der Waals surface area contributed by atoms with Crippen LogP contribution in [0.25, 0.3) is 0 Å². The van der Waals surface area contributed by atoms with Crippen LogP contribution >= 0.6 is 0 Å². The SMILES string of the molecule is CCc1ccc(CN(C)C(=O)COC(=O)CN2C(=O)c3ccccc3S2(=O)=O)cc1. The van der Waals surface area contributed by atoms with Gasteiger partial charge in [0.1, 0.15) is 11.4 Å². The molecule has 0 saturated carbocycles. The average Bonchev–Trinajstić information content (AvgIpc) is 2.93. The lowest BCUT2D eigenvalue weighted by atomic mass is 10.1. The van der Waals surface area contributed by atoms with E-state index in [-0.39, 0.29) is 10.5 Å². The molecule has 1 aliphatic heterocycles. The molecule has 3 rings (SSSR count). The van der Waals surface area contributed by atoms with Gasteiger partial charge in [0.25, 0.3) is 21.8 Å². The molecule has 2 amide bonds. The molecule has 0 aromatic heterocycles. The monoisotopic (exact) mass is 430 g/mol. The van der Waals surface area contributed by atoms with E-state index in [0.29, 0.717) is 10.8 Å². The highest BCUT2D eigenvalue weighted by Gasteiger charge is 2.42. The zero-order valence-corrected chi connectivity index (χ0v) is 17.5. The van der Waals surface area contributed by atoms with E-state index < -0.39 is 41.0 Å². The van der Waals surface area contributed by atoms with Crippen LogP contribution in [0, 0.1) is 0 Å². The first-order valence-corrected chi connectivity index (χ1v) is 10.8. The zero-order chi connectivity index (χ0) is 21.9. The fourth-order valence-corrected chi connectivity index (χ4v) is 4.56. The summed E-state index contributed by atoms with van der Waals surface area (Å²) < 4.78 is 30.3. The number of carbonyl (C=O) groups is 3. The van der Waals surface area contributed by atoms with Gasteiger partial charge in [-0.15, -0.1) is 0 Å². The van der Waals surface area contributed by atoms with Gasteiger partial charge in [0.2, 0.25) is 0 Å². The maximum Gasteiger partial charge on any atom is 0.327 e. The number of fused-ring (bicyclic) bond motifs is 1. The maximum atomic E-state index is 12.4. The third-order valence-electron chi connectivity index (χ3n) is 4.82. The Morgan fingerprint density at radius 3 is 2.30 bits per heavy atom. The lowest BCUT2D eigenvalue weighted by Crippen LogP contribution is -2.37. The van der Waals surface area contributed by atoms with Crippen LogP contribution in [0.4, 0.5) is 0 Å².